The number of hydrogen-bond donors (Lipinski definition) is 0. The lowest BCUT2D eigenvalue weighted by Crippen LogP contribution is -2.52. The molecule has 3 heterocycles. The Labute approximate surface area is 121 Å². The minimum atomic E-state index is 0.0819. The van der Waals surface area contributed by atoms with Crippen LogP contribution in [-0.4, -0.2) is 55.2 Å². The summed E-state index contributed by atoms with van der Waals surface area (Å²) in [5.41, 5.74) is 0.0819. The lowest BCUT2D eigenvalue weighted by molar-refractivity contribution is -0.153. The molecule has 0 radical (unpaired) electrons. The van der Waals surface area contributed by atoms with Gasteiger partial charge in [0.15, 0.2) is 0 Å². The molecule has 3 aliphatic rings. The zero-order valence-electron chi connectivity index (χ0n) is 12.6. The first-order valence-electron chi connectivity index (χ1n) is 8.15. The van der Waals surface area contributed by atoms with Crippen molar-refractivity contribution in [2.24, 2.45) is 5.92 Å². The molecule has 3 aliphatic heterocycles. The standard InChI is InChI=1S/C16H27NO3/c1-13(18)14-2-7-17(8-3-14)15-4-9-20-16(12-15)5-10-19-11-6-16/h14-15H,2-12H2,1H3. The Morgan fingerprint density at radius 2 is 1.80 bits per heavy atom. The van der Waals surface area contributed by atoms with Gasteiger partial charge in [-0.25, -0.2) is 0 Å². The molecule has 1 spiro atoms. The highest BCUT2D eigenvalue weighted by molar-refractivity contribution is 5.78. The summed E-state index contributed by atoms with van der Waals surface area (Å²) in [5.74, 6) is 0.681. The Morgan fingerprint density at radius 1 is 1.10 bits per heavy atom. The molecule has 1 unspecified atom stereocenters. The number of carbonyl (C=O) groups is 1. The summed E-state index contributed by atoms with van der Waals surface area (Å²) in [7, 11) is 0. The number of nitrogens with zero attached hydrogens (tertiary/aromatic N) is 1. The monoisotopic (exact) mass is 281 g/mol. The Hall–Kier alpha value is -0.450. The fourth-order valence-electron chi connectivity index (χ4n) is 4.08. The Bertz CT molecular complexity index is 338. The summed E-state index contributed by atoms with van der Waals surface area (Å²) in [6.45, 7) is 6.49. The Kier molecular flexibility index (Phi) is 4.43. The van der Waals surface area contributed by atoms with E-state index in [0.717, 1.165) is 71.4 Å². The summed E-state index contributed by atoms with van der Waals surface area (Å²) in [4.78, 5) is 14.1. The SMILES string of the molecule is CC(=O)C1CCN(C2CCOC3(CCOCC3)C2)CC1. The Morgan fingerprint density at radius 3 is 2.45 bits per heavy atom. The topological polar surface area (TPSA) is 38.8 Å². The summed E-state index contributed by atoms with van der Waals surface area (Å²) < 4.78 is 11.6. The second kappa shape index (κ2) is 6.12. The molecule has 114 valence electrons. The largest absolute Gasteiger partial charge is 0.381 e. The summed E-state index contributed by atoms with van der Waals surface area (Å²) in [5, 5.41) is 0. The van der Waals surface area contributed by atoms with Gasteiger partial charge in [-0.15, -0.1) is 0 Å². The predicted octanol–water partition coefficient (Wildman–Crippen LogP) is 2.02. The molecule has 4 nitrogen and oxygen atoms in total. The quantitative estimate of drug-likeness (QED) is 0.776. The van der Waals surface area contributed by atoms with Crippen molar-refractivity contribution in [1.29, 1.82) is 0 Å². The molecule has 0 bridgehead atoms. The van der Waals surface area contributed by atoms with Gasteiger partial charge in [-0.1, -0.05) is 0 Å². The number of Topliss-reactive ketones (excluding diaryl/α,β-unsaturated/α-hetero) is 1. The first-order valence-corrected chi connectivity index (χ1v) is 8.15. The second-order valence-corrected chi connectivity index (χ2v) is 6.71. The van der Waals surface area contributed by atoms with Crippen LogP contribution in [0.4, 0.5) is 0 Å². The average Bonchev–Trinajstić information content (AvgIpc) is 2.48. The molecule has 0 amide bonds. The van der Waals surface area contributed by atoms with Crippen molar-refractivity contribution in [2.45, 2.75) is 57.1 Å². The number of piperidine rings is 1. The van der Waals surface area contributed by atoms with Gasteiger partial charge in [-0.2, -0.15) is 0 Å². The third kappa shape index (κ3) is 3.07. The molecule has 0 aromatic carbocycles. The normalized spacial score (nSPS) is 32.4. The molecule has 0 saturated carbocycles. The number of rotatable bonds is 2. The van der Waals surface area contributed by atoms with Crippen molar-refractivity contribution in [3.63, 3.8) is 0 Å². The van der Waals surface area contributed by atoms with E-state index in [1.807, 2.05) is 0 Å². The fourth-order valence-corrected chi connectivity index (χ4v) is 4.08. The molecule has 0 aliphatic carbocycles. The zero-order valence-corrected chi connectivity index (χ0v) is 12.6. The van der Waals surface area contributed by atoms with Gasteiger partial charge >= 0.3 is 0 Å². The van der Waals surface area contributed by atoms with E-state index in [1.54, 1.807) is 6.92 Å². The molecule has 20 heavy (non-hydrogen) atoms. The molecule has 3 fully saturated rings. The van der Waals surface area contributed by atoms with Crippen molar-refractivity contribution in [2.75, 3.05) is 32.9 Å². The van der Waals surface area contributed by atoms with E-state index < -0.39 is 0 Å². The van der Waals surface area contributed by atoms with Crippen molar-refractivity contribution < 1.29 is 14.3 Å². The molecular weight excluding hydrogens is 254 g/mol. The lowest BCUT2D eigenvalue weighted by Gasteiger charge is -2.47. The summed E-state index contributed by atoms with van der Waals surface area (Å²) in [6.07, 6.45) is 6.49. The number of ketones is 1. The van der Waals surface area contributed by atoms with Crippen molar-refractivity contribution in [3.05, 3.63) is 0 Å². The number of carbonyl (C=O) groups excluding carboxylic acids is 1. The second-order valence-electron chi connectivity index (χ2n) is 6.71. The molecule has 3 saturated heterocycles. The maximum absolute atomic E-state index is 11.5. The van der Waals surface area contributed by atoms with Gasteiger partial charge < -0.3 is 14.4 Å². The molecule has 0 aromatic rings. The van der Waals surface area contributed by atoms with Gasteiger partial charge in [-0.3, -0.25) is 4.79 Å². The van der Waals surface area contributed by atoms with E-state index in [-0.39, 0.29) is 5.60 Å². The first-order chi connectivity index (χ1) is 9.69. The fraction of sp³-hybridized carbons (Fsp3) is 0.938. The molecule has 0 N–H and O–H groups in total. The van der Waals surface area contributed by atoms with Gasteiger partial charge in [0.2, 0.25) is 0 Å². The highest BCUT2D eigenvalue weighted by Gasteiger charge is 2.41. The highest BCUT2D eigenvalue weighted by Crippen LogP contribution is 2.37. The van der Waals surface area contributed by atoms with E-state index in [1.165, 1.54) is 0 Å². The minimum Gasteiger partial charge on any atom is -0.381 e. The van der Waals surface area contributed by atoms with Crippen LogP contribution in [0.25, 0.3) is 0 Å². The van der Waals surface area contributed by atoms with Gasteiger partial charge in [-0.05, 0) is 58.5 Å². The minimum absolute atomic E-state index is 0.0819. The van der Waals surface area contributed by atoms with Gasteiger partial charge in [0.1, 0.15) is 5.78 Å². The third-order valence-electron chi connectivity index (χ3n) is 5.49. The van der Waals surface area contributed by atoms with Crippen LogP contribution in [0.15, 0.2) is 0 Å². The van der Waals surface area contributed by atoms with E-state index in [2.05, 4.69) is 4.90 Å². The highest BCUT2D eigenvalue weighted by atomic mass is 16.5. The lowest BCUT2D eigenvalue weighted by atomic mass is 9.82. The van der Waals surface area contributed by atoms with Crippen LogP contribution >= 0.6 is 0 Å². The van der Waals surface area contributed by atoms with Gasteiger partial charge in [0.25, 0.3) is 0 Å². The van der Waals surface area contributed by atoms with Crippen molar-refractivity contribution in [1.82, 2.24) is 4.90 Å². The summed E-state index contributed by atoms with van der Waals surface area (Å²) >= 11 is 0. The van der Waals surface area contributed by atoms with Crippen molar-refractivity contribution in [3.8, 4) is 0 Å². The van der Waals surface area contributed by atoms with Crippen molar-refractivity contribution >= 4 is 5.78 Å². The first kappa shape index (κ1) is 14.5. The summed E-state index contributed by atoms with van der Waals surface area (Å²) in [6, 6.07) is 0.648. The molecule has 4 heteroatoms. The third-order valence-corrected chi connectivity index (χ3v) is 5.49. The van der Waals surface area contributed by atoms with E-state index in [0.29, 0.717) is 17.7 Å². The van der Waals surface area contributed by atoms with Crippen LogP contribution in [0.5, 0.6) is 0 Å². The number of likely N-dealkylation sites (tertiary alicyclic amines) is 1. The van der Waals surface area contributed by atoms with Crippen LogP contribution in [0.2, 0.25) is 0 Å². The van der Waals surface area contributed by atoms with Crippen LogP contribution in [0.3, 0.4) is 0 Å². The van der Waals surface area contributed by atoms with Crippen LogP contribution < -0.4 is 0 Å². The zero-order chi connectivity index (χ0) is 14.0. The van der Waals surface area contributed by atoms with E-state index in [4.69, 9.17) is 9.47 Å². The number of ether oxygens (including phenoxy) is 2. The average molecular weight is 281 g/mol. The maximum Gasteiger partial charge on any atom is 0.133 e. The van der Waals surface area contributed by atoms with Crippen LogP contribution in [-0.2, 0) is 14.3 Å². The van der Waals surface area contributed by atoms with E-state index in [9.17, 15) is 4.79 Å². The smallest absolute Gasteiger partial charge is 0.133 e. The van der Waals surface area contributed by atoms with Crippen LogP contribution in [0, 0.1) is 5.92 Å². The van der Waals surface area contributed by atoms with Gasteiger partial charge in [0, 0.05) is 31.8 Å². The van der Waals surface area contributed by atoms with E-state index >= 15 is 0 Å². The molecule has 0 aromatic heterocycles. The predicted molar refractivity (Wildman–Crippen MR) is 76.7 cm³/mol. The van der Waals surface area contributed by atoms with Crippen LogP contribution in [0.1, 0.15) is 45.4 Å². The molecule has 1 atom stereocenters. The molecule has 3 rings (SSSR count). The van der Waals surface area contributed by atoms with Gasteiger partial charge in [0.05, 0.1) is 5.60 Å². The molecular formula is C16H27NO3. The number of hydrogen-bond acceptors (Lipinski definition) is 4. The Balaban J connectivity index is 1.56. The maximum atomic E-state index is 11.5.